The topological polar surface area (TPSA) is 58.6 Å². The first kappa shape index (κ1) is 20.9. The maximum absolute atomic E-state index is 13.2. The smallest absolute Gasteiger partial charge is 0.409 e. The lowest BCUT2D eigenvalue weighted by atomic mass is 9.90. The van der Waals surface area contributed by atoms with Crippen LogP contribution in [-0.2, 0) is 9.53 Å². The van der Waals surface area contributed by atoms with Gasteiger partial charge in [0, 0.05) is 19.1 Å². The van der Waals surface area contributed by atoms with Crippen LogP contribution in [0, 0.1) is 0 Å². The number of benzene rings is 2. The number of hydrogen-bond donors (Lipinski definition) is 1. The van der Waals surface area contributed by atoms with Crippen molar-refractivity contribution in [3.05, 3.63) is 71.8 Å². The normalized spacial score (nSPS) is 14.6. The van der Waals surface area contributed by atoms with Crippen LogP contribution in [0.2, 0.25) is 0 Å². The van der Waals surface area contributed by atoms with E-state index in [1.807, 2.05) is 60.7 Å². The molecule has 0 saturated carbocycles. The SMILES string of the molecule is CCCCOC(=O)N1CCC(NC(=O)C(c2ccccc2)c2ccccc2)CC1. The summed E-state index contributed by atoms with van der Waals surface area (Å²) in [6.07, 6.45) is 3.13. The van der Waals surface area contributed by atoms with E-state index in [1.54, 1.807) is 4.90 Å². The van der Waals surface area contributed by atoms with Crippen LogP contribution in [0.4, 0.5) is 4.79 Å². The van der Waals surface area contributed by atoms with Crippen LogP contribution >= 0.6 is 0 Å². The standard InChI is InChI=1S/C24H30N2O3/c1-2-3-18-29-24(28)26-16-14-21(15-17-26)25-23(27)22(19-10-6-4-7-11-19)20-12-8-5-9-13-20/h4-13,21-22H,2-3,14-18H2,1H3,(H,25,27). The molecule has 0 spiro atoms. The maximum atomic E-state index is 13.2. The Bertz CT molecular complexity index is 732. The lowest BCUT2D eigenvalue weighted by molar-refractivity contribution is -0.122. The van der Waals surface area contributed by atoms with Gasteiger partial charge in [0.25, 0.3) is 0 Å². The summed E-state index contributed by atoms with van der Waals surface area (Å²) in [7, 11) is 0. The molecular weight excluding hydrogens is 364 g/mol. The number of hydrogen-bond acceptors (Lipinski definition) is 3. The van der Waals surface area contributed by atoms with E-state index in [1.165, 1.54) is 0 Å². The molecule has 1 N–H and O–H groups in total. The Balaban J connectivity index is 1.59. The molecule has 2 aromatic rings. The predicted molar refractivity (Wildman–Crippen MR) is 114 cm³/mol. The molecule has 0 aliphatic carbocycles. The van der Waals surface area contributed by atoms with Crippen LogP contribution in [0.3, 0.4) is 0 Å². The summed E-state index contributed by atoms with van der Waals surface area (Å²) in [5.41, 5.74) is 1.96. The minimum Gasteiger partial charge on any atom is -0.449 e. The van der Waals surface area contributed by atoms with E-state index in [2.05, 4.69) is 12.2 Å². The zero-order valence-electron chi connectivity index (χ0n) is 17.0. The highest BCUT2D eigenvalue weighted by molar-refractivity contribution is 5.87. The second kappa shape index (κ2) is 10.6. The summed E-state index contributed by atoms with van der Waals surface area (Å²) in [4.78, 5) is 27.0. The fourth-order valence-corrected chi connectivity index (χ4v) is 3.67. The summed E-state index contributed by atoms with van der Waals surface area (Å²) in [5, 5.41) is 3.21. The van der Waals surface area contributed by atoms with Crippen molar-refractivity contribution >= 4 is 12.0 Å². The zero-order valence-corrected chi connectivity index (χ0v) is 17.0. The molecule has 29 heavy (non-hydrogen) atoms. The number of ether oxygens (including phenoxy) is 1. The Morgan fingerprint density at radius 3 is 2.07 bits per heavy atom. The third-order valence-corrected chi connectivity index (χ3v) is 5.35. The number of nitrogens with one attached hydrogen (secondary N) is 1. The van der Waals surface area contributed by atoms with Crippen molar-refractivity contribution < 1.29 is 14.3 Å². The molecule has 0 atom stereocenters. The van der Waals surface area contributed by atoms with Gasteiger partial charge in [0.15, 0.2) is 0 Å². The molecule has 1 saturated heterocycles. The fourth-order valence-electron chi connectivity index (χ4n) is 3.67. The highest BCUT2D eigenvalue weighted by atomic mass is 16.6. The van der Waals surface area contributed by atoms with Gasteiger partial charge in [0.05, 0.1) is 12.5 Å². The monoisotopic (exact) mass is 394 g/mol. The summed E-state index contributed by atoms with van der Waals surface area (Å²) >= 11 is 0. The van der Waals surface area contributed by atoms with Crippen LogP contribution in [0.25, 0.3) is 0 Å². The van der Waals surface area contributed by atoms with E-state index in [0.29, 0.717) is 19.7 Å². The van der Waals surface area contributed by atoms with Crippen LogP contribution < -0.4 is 5.32 Å². The fraction of sp³-hybridized carbons (Fsp3) is 0.417. The molecule has 2 amide bonds. The largest absolute Gasteiger partial charge is 0.449 e. The summed E-state index contributed by atoms with van der Waals surface area (Å²) in [6, 6.07) is 19.8. The van der Waals surface area contributed by atoms with E-state index in [0.717, 1.165) is 36.8 Å². The van der Waals surface area contributed by atoms with Gasteiger partial charge in [-0.15, -0.1) is 0 Å². The highest BCUT2D eigenvalue weighted by Gasteiger charge is 2.28. The van der Waals surface area contributed by atoms with Gasteiger partial charge in [-0.3, -0.25) is 4.79 Å². The number of carbonyl (C=O) groups is 2. The van der Waals surface area contributed by atoms with Gasteiger partial charge in [-0.1, -0.05) is 74.0 Å². The van der Waals surface area contributed by atoms with Crippen LogP contribution in [0.1, 0.15) is 49.7 Å². The first-order chi connectivity index (χ1) is 14.2. The molecule has 3 rings (SSSR count). The number of nitrogens with zero attached hydrogens (tertiary/aromatic N) is 1. The van der Waals surface area contributed by atoms with E-state index in [4.69, 9.17) is 4.74 Å². The van der Waals surface area contributed by atoms with Gasteiger partial charge in [0.2, 0.25) is 5.91 Å². The Morgan fingerprint density at radius 2 is 1.55 bits per heavy atom. The molecular formula is C24H30N2O3. The molecule has 1 aliphatic rings. The maximum Gasteiger partial charge on any atom is 0.409 e. The molecule has 154 valence electrons. The Kier molecular flexibility index (Phi) is 7.68. The number of piperidine rings is 1. The average molecular weight is 395 g/mol. The Hall–Kier alpha value is -2.82. The molecule has 2 aromatic carbocycles. The number of carbonyl (C=O) groups excluding carboxylic acids is 2. The molecule has 1 heterocycles. The summed E-state index contributed by atoms with van der Waals surface area (Å²) < 4.78 is 5.29. The zero-order chi connectivity index (χ0) is 20.5. The Labute approximate surface area is 173 Å². The molecule has 0 unspecified atom stereocenters. The average Bonchev–Trinajstić information content (AvgIpc) is 2.76. The molecule has 0 aromatic heterocycles. The van der Waals surface area contributed by atoms with Gasteiger partial charge >= 0.3 is 6.09 Å². The van der Waals surface area contributed by atoms with Crippen molar-refractivity contribution in [3.63, 3.8) is 0 Å². The van der Waals surface area contributed by atoms with Gasteiger partial charge in [0.1, 0.15) is 0 Å². The first-order valence-electron chi connectivity index (χ1n) is 10.5. The van der Waals surface area contributed by atoms with E-state index >= 15 is 0 Å². The molecule has 5 nitrogen and oxygen atoms in total. The minimum absolute atomic E-state index is 0.00590. The van der Waals surface area contributed by atoms with Crippen LogP contribution in [0.5, 0.6) is 0 Å². The third-order valence-electron chi connectivity index (χ3n) is 5.35. The van der Waals surface area contributed by atoms with Crippen molar-refractivity contribution in [2.24, 2.45) is 0 Å². The van der Waals surface area contributed by atoms with Crippen LogP contribution in [-0.4, -0.2) is 42.6 Å². The molecule has 1 fully saturated rings. The summed E-state index contributed by atoms with van der Waals surface area (Å²) in [6.45, 7) is 3.76. The highest BCUT2D eigenvalue weighted by Crippen LogP contribution is 2.25. The molecule has 0 radical (unpaired) electrons. The van der Waals surface area contributed by atoms with Crippen molar-refractivity contribution in [1.82, 2.24) is 10.2 Å². The van der Waals surface area contributed by atoms with E-state index < -0.39 is 0 Å². The second-order valence-electron chi connectivity index (χ2n) is 7.49. The first-order valence-corrected chi connectivity index (χ1v) is 10.5. The molecule has 5 heteroatoms. The number of rotatable bonds is 7. The van der Waals surface area contributed by atoms with E-state index in [-0.39, 0.29) is 24.0 Å². The lowest BCUT2D eigenvalue weighted by Gasteiger charge is -2.32. The quantitative estimate of drug-likeness (QED) is 0.711. The summed E-state index contributed by atoms with van der Waals surface area (Å²) in [5.74, 6) is -0.333. The van der Waals surface area contributed by atoms with Crippen molar-refractivity contribution in [3.8, 4) is 0 Å². The van der Waals surface area contributed by atoms with Crippen molar-refractivity contribution in [1.29, 1.82) is 0 Å². The Morgan fingerprint density at radius 1 is 1.00 bits per heavy atom. The molecule has 0 bridgehead atoms. The van der Waals surface area contributed by atoms with Gasteiger partial charge in [-0.2, -0.15) is 0 Å². The van der Waals surface area contributed by atoms with Crippen molar-refractivity contribution in [2.45, 2.75) is 44.6 Å². The van der Waals surface area contributed by atoms with Crippen LogP contribution in [0.15, 0.2) is 60.7 Å². The number of unbranched alkanes of at least 4 members (excludes halogenated alkanes) is 1. The molecule has 1 aliphatic heterocycles. The number of amides is 2. The lowest BCUT2D eigenvalue weighted by Crippen LogP contribution is -2.47. The van der Waals surface area contributed by atoms with Gasteiger partial charge in [-0.25, -0.2) is 4.79 Å². The third kappa shape index (κ3) is 5.83. The van der Waals surface area contributed by atoms with E-state index in [9.17, 15) is 9.59 Å². The number of likely N-dealkylation sites (tertiary alicyclic amines) is 1. The van der Waals surface area contributed by atoms with Gasteiger partial charge < -0.3 is 15.0 Å². The second-order valence-corrected chi connectivity index (χ2v) is 7.49. The van der Waals surface area contributed by atoms with Gasteiger partial charge in [-0.05, 0) is 30.4 Å². The minimum atomic E-state index is -0.338. The predicted octanol–water partition coefficient (Wildman–Crippen LogP) is 4.34. The van der Waals surface area contributed by atoms with Crippen molar-refractivity contribution in [2.75, 3.05) is 19.7 Å².